The molecule has 0 bridgehead atoms. The molecule has 2 aromatic carbocycles. The third-order valence-corrected chi connectivity index (χ3v) is 4.88. The summed E-state index contributed by atoms with van der Waals surface area (Å²) in [4.78, 5) is 14.6. The second kappa shape index (κ2) is 9.74. The van der Waals surface area contributed by atoms with Crippen LogP contribution < -0.4 is 10.1 Å². The Labute approximate surface area is 165 Å². The summed E-state index contributed by atoms with van der Waals surface area (Å²) in [5.41, 5.74) is 2.42. The molecule has 1 saturated heterocycles. The normalized spacial score (nSPS) is 15.9. The number of nitrogens with one attached hydrogen (secondary N) is 1. The van der Waals surface area contributed by atoms with Gasteiger partial charge in [0.2, 0.25) is 0 Å². The molecule has 3 rings (SSSR count). The average molecular weight is 389 g/mol. The maximum absolute atomic E-state index is 12.3. The minimum Gasteiger partial charge on any atom is -0.484 e. The molecule has 0 aromatic heterocycles. The van der Waals surface area contributed by atoms with Gasteiger partial charge in [0, 0.05) is 24.7 Å². The fraction of sp³-hybridized carbons (Fsp3) is 0.381. The maximum Gasteiger partial charge on any atom is 0.258 e. The summed E-state index contributed by atoms with van der Waals surface area (Å²) >= 11 is 5.85. The van der Waals surface area contributed by atoms with Crippen LogP contribution in [0, 0.1) is 6.92 Å². The smallest absolute Gasteiger partial charge is 0.258 e. The minimum atomic E-state index is -0.143. The van der Waals surface area contributed by atoms with Crippen LogP contribution in [0.1, 0.15) is 17.2 Å². The van der Waals surface area contributed by atoms with Crippen LogP contribution >= 0.6 is 11.6 Å². The van der Waals surface area contributed by atoms with Crippen LogP contribution in [0.2, 0.25) is 5.02 Å². The largest absolute Gasteiger partial charge is 0.484 e. The Kier molecular flexibility index (Phi) is 7.10. The van der Waals surface area contributed by atoms with Crippen molar-refractivity contribution in [3.63, 3.8) is 0 Å². The number of hydrogen-bond acceptors (Lipinski definition) is 4. The van der Waals surface area contributed by atoms with Gasteiger partial charge in [0.1, 0.15) is 5.75 Å². The van der Waals surface area contributed by atoms with Crippen molar-refractivity contribution in [3.8, 4) is 5.75 Å². The van der Waals surface area contributed by atoms with Crippen LogP contribution in [-0.2, 0) is 9.53 Å². The molecule has 1 heterocycles. The molecule has 0 saturated carbocycles. The Balaban J connectivity index is 1.57. The Morgan fingerprint density at radius 1 is 1.15 bits per heavy atom. The number of rotatable bonds is 7. The second-order valence-corrected chi connectivity index (χ2v) is 7.06. The van der Waals surface area contributed by atoms with E-state index in [4.69, 9.17) is 21.1 Å². The molecule has 0 radical (unpaired) electrons. The van der Waals surface area contributed by atoms with E-state index in [2.05, 4.69) is 41.4 Å². The number of amides is 1. The molecule has 5 nitrogen and oxygen atoms in total. The topological polar surface area (TPSA) is 50.8 Å². The Morgan fingerprint density at radius 2 is 1.81 bits per heavy atom. The van der Waals surface area contributed by atoms with Crippen molar-refractivity contribution in [1.29, 1.82) is 0 Å². The van der Waals surface area contributed by atoms with Crippen molar-refractivity contribution in [1.82, 2.24) is 10.2 Å². The highest BCUT2D eigenvalue weighted by Gasteiger charge is 2.23. The molecule has 1 amide bonds. The highest BCUT2D eigenvalue weighted by atomic mass is 35.5. The van der Waals surface area contributed by atoms with Crippen molar-refractivity contribution in [2.24, 2.45) is 0 Å². The number of halogens is 1. The molecule has 0 aliphatic carbocycles. The van der Waals surface area contributed by atoms with Crippen molar-refractivity contribution < 1.29 is 14.3 Å². The van der Waals surface area contributed by atoms with Gasteiger partial charge < -0.3 is 14.8 Å². The highest BCUT2D eigenvalue weighted by molar-refractivity contribution is 6.30. The number of ether oxygens (including phenoxy) is 2. The fourth-order valence-electron chi connectivity index (χ4n) is 3.08. The predicted octanol–water partition coefficient (Wildman–Crippen LogP) is 3.22. The van der Waals surface area contributed by atoms with Crippen molar-refractivity contribution in [2.45, 2.75) is 13.0 Å². The summed E-state index contributed by atoms with van der Waals surface area (Å²) in [6, 6.07) is 15.6. The van der Waals surface area contributed by atoms with E-state index in [-0.39, 0.29) is 18.6 Å². The molecular weight excluding hydrogens is 364 g/mol. The van der Waals surface area contributed by atoms with E-state index in [0.717, 1.165) is 26.3 Å². The number of morpholine rings is 1. The summed E-state index contributed by atoms with van der Waals surface area (Å²) in [7, 11) is 0. The van der Waals surface area contributed by atoms with Crippen LogP contribution in [0.4, 0.5) is 0 Å². The van der Waals surface area contributed by atoms with Gasteiger partial charge in [-0.3, -0.25) is 9.69 Å². The van der Waals surface area contributed by atoms with Gasteiger partial charge in [0.15, 0.2) is 6.61 Å². The molecule has 1 aliphatic heterocycles. The van der Waals surface area contributed by atoms with Gasteiger partial charge >= 0.3 is 0 Å². The second-order valence-electron chi connectivity index (χ2n) is 6.62. The molecule has 1 fully saturated rings. The summed E-state index contributed by atoms with van der Waals surface area (Å²) in [5, 5.41) is 3.64. The van der Waals surface area contributed by atoms with Crippen LogP contribution in [0.15, 0.2) is 48.5 Å². The van der Waals surface area contributed by atoms with Gasteiger partial charge in [-0.05, 0) is 36.8 Å². The van der Waals surface area contributed by atoms with Gasteiger partial charge in [0.05, 0.1) is 19.3 Å². The average Bonchev–Trinajstić information content (AvgIpc) is 2.70. The van der Waals surface area contributed by atoms with Crippen LogP contribution in [0.5, 0.6) is 5.75 Å². The number of nitrogens with zero attached hydrogens (tertiary/aromatic N) is 1. The lowest BCUT2D eigenvalue weighted by Gasteiger charge is -2.35. The number of benzene rings is 2. The lowest BCUT2D eigenvalue weighted by molar-refractivity contribution is -0.123. The Bertz CT molecular complexity index is 728. The predicted molar refractivity (Wildman–Crippen MR) is 106 cm³/mol. The first kappa shape index (κ1) is 19.7. The van der Waals surface area contributed by atoms with Gasteiger partial charge in [-0.25, -0.2) is 0 Å². The first-order valence-corrected chi connectivity index (χ1v) is 9.53. The minimum absolute atomic E-state index is 0.0225. The fourth-order valence-corrected chi connectivity index (χ4v) is 3.20. The number of hydrogen-bond donors (Lipinski definition) is 1. The summed E-state index contributed by atoms with van der Waals surface area (Å²) in [6.45, 7) is 5.73. The number of carbonyl (C=O) groups excluding carboxylic acids is 1. The molecule has 144 valence electrons. The van der Waals surface area contributed by atoms with Gasteiger partial charge in [-0.15, -0.1) is 0 Å². The molecule has 0 unspecified atom stereocenters. The van der Waals surface area contributed by atoms with E-state index in [0.29, 0.717) is 17.3 Å². The molecule has 1 aliphatic rings. The van der Waals surface area contributed by atoms with E-state index in [9.17, 15) is 4.79 Å². The third kappa shape index (κ3) is 5.96. The van der Waals surface area contributed by atoms with Crippen LogP contribution in [0.25, 0.3) is 0 Å². The lowest BCUT2D eigenvalue weighted by Crippen LogP contribution is -2.44. The van der Waals surface area contributed by atoms with E-state index in [1.165, 1.54) is 11.1 Å². The lowest BCUT2D eigenvalue weighted by atomic mass is 10.0. The molecule has 2 aromatic rings. The van der Waals surface area contributed by atoms with Crippen molar-refractivity contribution >= 4 is 17.5 Å². The molecule has 6 heteroatoms. The molecule has 1 N–H and O–H groups in total. The first-order valence-electron chi connectivity index (χ1n) is 9.15. The van der Waals surface area contributed by atoms with E-state index < -0.39 is 0 Å². The molecule has 0 spiro atoms. The van der Waals surface area contributed by atoms with E-state index in [1.54, 1.807) is 24.3 Å². The maximum atomic E-state index is 12.3. The Hall–Kier alpha value is -2.08. The zero-order valence-electron chi connectivity index (χ0n) is 15.5. The summed E-state index contributed by atoms with van der Waals surface area (Å²) in [5.74, 6) is 0.480. The quantitative estimate of drug-likeness (QED) is 0.791. The van der Waals surface area contributed by atoms with Crippen molar-refractivity contribution in [2.75, 3.05) is 39.5 Å². The first-order chi connectivity index (χ1) is 13.1. The van der Waals surface area contributed by atoms with Crippen molar-refractivity contribution in [3.05, 3.63) is 64.7 Å². The van der Waals surface area contributed by atoms with Gasteiger partial charge in [-0.2, -0.15) is 0 Å². The third-order valence-electron chi connectivity index (χ3n) is 4.62. The number of carbonyl (C=O) groups is 1. The standard InChI is InChI=1S/C21H25ClN2O3/c1-16-2-4-17(5-3-16)20(24-10-12-26-13-11-24)14-23-21(25)15-27-19-8-6-18(22)7-9-19/h2-9,20H,10-15H2,1H3,(H,23,25)/t20-/m0/s1. The van der Waals surface area contributed by atoms with Gasteiger partial charge in [-0.1, -0.05) is 41.4 Å². The molecule has 27 heavy (non-hydrogen) atoms. The molecule has 1 atom stereocenters. The highest BCUT2D eigenvalue weighted by Crippen LogP contribution is 2.22. The molecular formula is C21H25ClN2O3. The number of aryl methyl sites for hydroxylation is 1. The Morgan fingerprint density at radius 3 is 2.48 bits per heavy atom. The SMILES string of the molecule is Cc1ccc([C@H](CNC(=O)COc2ccc(Cl)cc2)N2CCOCC2)cc1. The summed E-state index contributed by atoms with van der Waals surface area (Å²) < 4.78 is 11.0. The zero-order chi connectivity index (χ0) is 19.1. The van der Waals surface area contributed by atoms with Crippen LogP contribution in [-0.4, -0.2) is 50.3 Å². The van der Waals surface area contributed by atoms with E-state index >= 15 is 0 Å². The summed E-state index contributed by atoms with van der Waals surface area (Å²) in [6.07, 6.45) is 0. The van der Waals surface area contributed by atoms with Crippen LogP contribution in [0.3, 0.4) is 0 Å². The zero-order valence-corrected chi connectivity index (χ0v) is 16.2. The monoisotopic (exact) mass is 388 g/mol. The van der Waals surface area contributed by atoms with E-state index in [1.807, 2.05) is 0 Å². The van der Waals surface area contributed by atoms with Gasteiger partial charge in [0.25, 0.3) is 5.91 Å².